The fourth-order valence-electron chi connectivity index (χ4n) is 1.97. The number of rotatable bonds is 13. The summed E-state index contributed by atoms with van der Waals surface area (Å²) in [6, 6.07) is 0. The fourth-order valence-corrected chi connectivity index (χ4v) is 1.97. The van der Waals surface area contributed by atoms with E-state index in [9.17, 15) is 5.11 Å². The van der Waals surface area contributed by atoms with Crippen LogP contribution in [0, 0.1) is 0 Å². The number of hydrogen-bond donors (Lipinski definition) is 4. The van der Waals surface area contributed by atoms with Crippen LogP contribution in [0.5, 0.6) is 0 Å². The highest BCUT2D eigenvalue weighted by molar-refractivity contribution is 5.42. The lowest BCUT2D eigenvalue weighted by atomic mass is 10.2. The van der Waals surface area contributed by atoms with E-state index in [-0.39, 0.29) is 0 Å². The third-order valence-electron chi connectivity index (χ3n) is 3.39. The van der Waals surface area contributed by atoms with Gasteiger partial charge in [-0.2, -0.15) is 15.0 Å². The Balaban J connectivity index is 2.71. The highest BCUT2D eigenvalue weighted by Crippen LogP contribution is 2.12. The second-order valence-electron chi connectivity index (χ2n) is 5.67. The summed E-state index contributed by atoms with van der Waals surface area (Å²) in [7, 11) is 0. The molecule has 0 fully saturated rings. The van der Waals surface area contributed by atoms with E-state index in [1.807, 2.05) is 0 Å². The van der Waals surface area contributed by atoms with E-state index in [1.165, 1.54) is 0 Å². The minimum atomic E-state index is -0.635. The molecule has 4 N–H and O–H groups in total. The van der Waals surface area contributed by atoms with Gasteiger partial charge in [0.25, 0.3) is 0 Å². The summed E-state index contributed by atoms with van der Waals surface area (Å²) in [5.74, 6) is 1.48. The molecule has 0 bridgehead atoms. The average molecular weight is 324 g/mol. The van der Waals surface area contributed by atoms with E-state index >= 15 is 0 Å². The molecule has 0 aliphatic heterocycles. The van der Waals surface area contributed by atoms with Gasteiger partial charge in [0.2, 0.25) is 17.8 Å². The van der Waals surface area contributed by atoms with Crippen LogP contribution in [0.2, 0.25) is 0 Å². The van der Waals surface area contributed by atoms with Crippen LogP contribution in [0.15, 0.2) is 0 Å². The first-order chi connectivity index (χ1) is 11.2. The van der Waals surface area contributed by atoms with Crippen molar-refractivity contribution in [2.75, 3.05) is 29.0 Å². The van der Waals surface area contributed by atoms with E-state index in [1.54, 1.807) is 0 Å². The van der Waals surface area contributed by atoms with Crippen molar-refractivity contribution < 1.29 is 5.11 Å². The van der Waals surface area contributed by atoms with Crippen LogP contribution >= 0.6 is 0 Å². The summed E-state index contributed by atoms with van der Waals surface area (Å²) in [6.45, 7) is 8.04. The molecule has 1 heterocycles. The Bertz CT molecular complexity index is 401. The maximum Gasteiger partial charge on any atom is 0.231 e. The summed E-state index contributed by atoms with van der Waals surface area (Å²) in [4.78, 5) is 13.1. The smallest absolute Gasteiger partial charge is 0.231 e. The van der Waals surface area contributed by atoms with Crippen LogP contribution in [-0.2, 0) is 0 Å². The van der Waals surface area contributed by atoms with Crippen LogP contribution < -0.4 is 16.0 Å². The van der Waals surface area contributed by atoms with Gasteiger partial charge in [-0.3, -0.25) is 0 Å². The Morgan fingerprint density at radius 3 is 1.74 bits per heavy atom. The lowest BCUT2D eigenvalue weighted by Crippen LogP contribution is -2.21. The zero-order valence-corrected chi connectivity index (χ0v) is 14.7. The molecule has 0 amide bonds. The van der Waals surface area contributed by atoms with Crippen molar-refractivity contribution in [2.45, 2.75) is 71.9 Å². The Labute approximate surface area is 139 Å². The first-order valence-electron chi connectivity index (χ1n) is 8.88. The molecule has 1 aromatic heterocycles. The molecule has 0 saturated carbocycles. The summed E-state index contributed by atoms with van der Waals surface area (Å²) in [5, 5.41) is 19.4. The Hall–Kier alpha value is -1.63. The van der Waals surface area contributed by atoms with Crippen molar-refractivity contribution in [3.8, 4) is 0 Å². The maximum absolute atomic E-state index is 9.99. The summed E-state index contributed by atoms with van der Waals surface area (Å²) < 4.78 is 0. The Morgan fingerprint density at radius 1 is 0.783 bits per heavy atom. The van der Waals surface area contributed by atoms with Crippen molar-refractivity contribution >= 4 is 17.8 Å². The average Bonchev–Trinajstić information content (AvgIpc) is 2.53. The van der Waals surface area contributed by atoms with Crippen molar-refractivity contribution in [1.29, 1.82) is 0 Å². The molecule has 0 radical (unpaired) electrons. The van der Waals surface area contributed by atoms with Crippen molar-refractivity contribution in [3.05, 3.63) is 0 Å². The van der Waals surface area contributed by atoms with E-state index in [4.69, 9.17) is 0 Å². The number of anilines is 3. The summed E-state index contributed by atoms with van der Waals surface area (Å²) in [6.07, 6.45) is 6.40. The highest BCUT2D eigenvalue weighted by Gasteiger charge is 2.09. The number of unbranched alkanes of at least 4 members (excludes halogenated alkanes) is 3. The molecule has 132 valence electrons. The third-order valence-corrected chi connectivity index (χ3v) is 3.39. The Morgan fingerprint density at radius 2 is 1.26 bits per heavy atom. The molecule has 0 aliphatic carbocycles. The Kier molecular flexibility index (Phi) is 10.0. The van der Waals surface area contributed by atoms with Crippen LogP contribution in [0.4, 0.5) is 17.8 Å². The number of aliphatic hydroxyl groups excluding tert-OH is 1. The molecular formula is C16H32N6O. The monoisotopic (exact) mass is 324 g/mol. The first kappa shape index (κ1) is 19.4. The summed E-state index contributed by atoms with van der Waals surface area (Å²) in [5.41, 5.74) is 0. The number of nitrogens with one attached hydrogen (secondary N) is 3. The zero-order valence-electron chi connectivity index (χ0n) is 14.7. The van der Waals surface area contributed by atoms with Crippen LogP contribution in [-0.4, -0.2) is 39.4 Å². The van der Waals surface area contributed by atoms with Crippen LogP contribution in [0.1, 0.15) is 65.7 Å². The van der Waals surface area contributed by atoms with E-state index in [2.05, 4.69) is 51.7 Å². The summed E-state index contributed by atoms with van der Waals surface area (Å²) >= 11 is 0. The van der Waals surface area contributed by atoms with Gasteiger partial charge in [-0.15, -0.1) is 0 Å². The number of hydrogen-bond acceptors (Lipinski definition) is 7. The normalized spacial score (nSPS) is 12.0. The van der Waals surface area contributed by atoms with Gasteiger partial charge in [0.05, 0.1) is 0 Å². The molecule has 1 rings (SSSR count). The SMILES string of the molecule is CCCCNc1nc(NCCCC)nc(NC(O)CCCC)n1. The van der Waals surface area contributed by atoms with Gasteiger partial charge in [0.1, 0.15) is 6.23 Å². The number of aliphatic hydroxyl groups is 1. The van der Waals surface area contributed by atoms with Crippen LogP contribution in [0.25, 0.3) is 0 Å². The number of nitrogens with zero attached hydrogens (tertiary/aromatic N) is 3. The fraction of sp³-hybridized carbons (Fsp3) is 0.812. The van der Waals surface area contributed by atoms with Gasteiger partial charge in [-0.05, 0) is 25.7 Å². The highest BCUT2D eigenvalue weighted by atomic mass is 16.3. The van der Waals surface area contributed by atoms with Crippen molar-refractivity contribution in [3.63, 3.8) is 0 Å². The zero-order chi connectivity index (χ0) is 16.9. The van der Waals surface area contributed by atoms with Crippen molar-refractivity contribution in [2.24, 2.45) is 0 Å². The van der Waals surface area contributed by atoms with Gasteiger partial charge < -0.3 is 21.1 Å². The second-order valence-corrected chi connectivity index (χ2v) is 5.67. The second kappa shape index (κ2) is 11.9. The minimum Gasteiger partial charge on any atom is -0.374 e. The molecular weight excluding hydrogens is 292 g/mol. The van der Waals surface area contributed by atoms with Gasteiger partial charge >= 0.3 is 0 Å². The molecule has 0 aromatic carbocycles. The van der Waals surface area contributed by atoms with Crippen LogP contribution in [0.3, 0.4) is 0 Å². The number of aromatic nitrogens is 3. The predicted octanol–water partition coefficient (Wildman–Crippen LogP) is 3.22. The molecule has 23 heavy (non-hydrogen) atoms. The van der Waals surface area contributed by atoms with Gasteiger partial charge in [0.15, 0.2) is 0 Å². The maximum atomic E-state index is 9.99. The molecule has 7 heteroatoms. The minimum absolute atomic E-state index is 0.404. The van der Waals surface area contributed by atoms with Crippen molar-refractivity contribution in [1.82, 2.24) is 15.0 Å². The topological polar surface area (TPSA) is 95.0 Å². The standard InChI is InChI=1S/C16H32N6O/c1-4-7-10-13(23)19-16-21-14(17-11-8-5-2)20-15(22-16)18-12-9-6-3/h13,23H,4-12H2,1-3H3,(H3,17,18,19,20,21,22). The third kappa shape index (κ3) is 8.54. The predicted molar refractivity (Wildman–Crippen MR) is 95.8 cm³/mol. The lowest BCUT2D eigenvalue weighted by Gasteiger charge is -2.14. The van der Waals surface area contributed by atoms with Gasteiger partial charge in [-0.1, -0.05) is 40.0 Å². The van der Waals surface area contributed by atoms with E-state index < -0.39 is 6.23 Å². The molecule has 1 unspecified atom stereocenters. The molecule has 1 aromatic rings. The van der Waals surface area contributed by atoms with Gasteiger partial charge in [-0.25, -0.2) is 0 Å². The lowest BCUT2D eigenvalue weighted by molar-refractivity contribution is 0.189. The molecule has 7 nitrogen and oxygen atoms in total. The molecule has 1 atom stereocenters. The first-order valence-corrected chi connectivity index (χ1v) is 8.88. The molecule has 0 aliphatic rings. The van der Waals surface area contributed by atoms with E-state index in [0.717, 1.165) is 51.6 Å². The van der Waals surface area contributed by atoms with E-state index in [0.29, 0.717) is 24.3 Å². The molecule has 0 saturated heterocycles. The molecule has 0 spiro atoms. The quantitative estimate of drug-likeness (QED) is 0.327. The largest absolute Gasteiger partial charge is 0.374 e. The van der Waals surface area contributed by atoms with Gasteiger partial charge in [0, 0.05) is 13.1 Å².